The van der Waals surface area contributed by atoms with Crippen molar-refractivity contribution < 1.29 is 22.3 Å². The van der Waals surface area contributed by atoms with Gasteiger partial charge in [-0.2, -0.15) is 18.2 Å². The summed E-state index contributed by atoms with van der Waals surface area (Å²) < 4.78 is 57.7. The molecule has 0 saturated heterocycles. The largest absolute Gasteiger partial charge is 0.488 e. The van der Waals surface area contributed by atoms with Gasteiger partial charge in [-0.05, 0) is 30.4 Å². The van der Waals surface area contributed by atoms with E-state index in [4.69, 9.17) is 4.74 Å². The fourth-order valence-corrected chi connectivity index (χ4v) is 2.41. The maximum absolute atomic E-state index is 13.7. The lowest BCUT2D eigenvalue weighted by molar-refractivity contribution is -0.141. The lowest BCUT2D eigenvalue weighted by atomic mass is 10.1. The summed E-state index contributed by atoms with van der Waals surface area (Å²) in [7, 11) is 0. The Bertz CT molecular complexity index is 1060. The molecule has 0 aliphatic heterocycles. The third-order valence-corrected chi connectivity index (χ3v) is 3.76. The van der Waals surface area contributed by atoms with Crippen molar-refractivity contribution in [2.75, 3.05) is 0 Å². The van der Waals surface area contributed by atoms with Gasteiger partial charge in [-0.3, -0.25) is 0 Å². The molecule has 0 unspecified atom stereocenters. The number of halogens is 4. The zero-order valence-corrected chi connectivity index (χ0v) is 14.3. The van der Waals surface area contributed by atoms with E-state index in [-0.39, 0.29) is 12.3 Å². The highest BCUT2D eigenvalue weighted by Crippen LogP contribution is 2.27. The number of hydrogen-bond donors (Lipinski definition) is 1. The van der Waals surface area contributed by atoms with Crippen molar-refractivity contribution in [2.24, 2.45) is 0 Å². The Hall–Kier alpha value is -3.42. The van der Waals surface area contributed by atoms with E-state index in [1.807, 2.05) is 0 Å². The number of hydrogen-bond acceptors (Lipinski definition) is 3. The van der Waals surface area contributed by atoms with Gasteiger partial charge in [0.2, 0.25) is 0 Å². The van der Waals surface area contributed by atoms with Gasteiger partial charge in [0.1, 0.15) is 23.9 Å². The molecule has 1 aromatic heterocycles. The first-order valence-electron chi connectivity index (χ1n) is 8.15. The zero-order valence-electron chi connectivity index (χ0n) is 14.3. The quantitative estimate of drug-likeness (QED) is 0.644. The lowest BCUT2D eigenvalue weighted by Crippen LogP contribution is -2.19. The third kappa shape index (κ3) is 4.85. The van der Waals surface area contributed by atoms with Gasteiger partial charge in [-0.15, -0.1) is 0 Å². The Labute approximate surface area is 157 Å². The first kappa shape index (κ1) is 19.3. The topological polar surface area (TPSA) is 55.0 Å². The van der Waals surface area contributed by atoms with Crippen molar-refractivity contribution in [1.82, 2.24) is 9.97 Å². The second-order valence-corrected chi connectivity index (χ2v) is 5.77. The molecule has 0 fully saturated rings. The predicted molar refractivity (Wildman–Crippen MR) is 96.0 cm³/mol. The Kier molecular flexibility index (Phi) is 5.58. The minimum absolute atomic E-state index is 0.0149. The van der Waals surface area contributed by atoms with Crippen LogP contribution in [0.2, 0.25) is 0 Å². The molecule has 0 bridgehead atoms. The van der Waals surface area contributed by atoms with Gasteiger partial charge in [0.25, 0.3) is 0 Å². The number of benzene rings is 2. The van der Waals surface area contributed by atoms with E-state index < -0.39 is 23.4 Å². The van der Waals surface area contributed by atoms with E-state index in [9.17, 15) is 22.4 Å². The normalized spacial score (nSPS) is 11.7. The fourth-order valence-electron chi connectivity index (χ4n) is 2.41. The Morgan fingerprint density at radius 3 is 2.50 bits per heavy atom. The molecule has 0 radical (unpaired) electrons. The molecule has 8 heteroatoms. The number of nitrogens with zero attached hydrogens (tertiary/aromatic N) is 1. The zero-order chi connectivity index (χ0) is 20.1. The molecule has 0 saturated carbocycles. The first-order valence-corrected chi connectivity index (χ1v) is 8.15. The number of alkyl halides is 3. The van der Waals surface area contributed by atoms with Crippen LogP contribution in [-0.2, 0) is 12.8 Å². The maximum atomic E-state index is 13.7. The van der Waals surface area contributed by atoms with Gasteiger partial charge >= 0.3 is 11.9 Å². The summed E-state index contributed by atoms with van der Waals surface area (Å²) in [6.07, 6.45) is -1.94. The van der Waals surface area contributed by atoms with Crippen molar-refractivity contribution in [3.63, 3.8) is 0 Å². The minimum Gasteiger partial charge on any atom is -0.488 e. The molecule has 0 spiro atoms. The lowest BCUT2D eigenvalue weighted by Gasteiger charge is -2.10. The standard InChI is InChI=1S/C20H14F4N2O2/c21-16-7-3-1-6-14(16)12-28-17-8-4-2-5-13(17)9-10-15-11-18(20(22,23)24)26-19(27)25-15/h1-11H,12H2,(H,25,26,27)/b10-9+. The fraction of sp³-hybridized carbons (Fsp3) is 0.100. The number of aromatic nitrogens is 2. The van der Waals surface area contributed by atoms with Gasteiger partial charge in [0, 0.05) is 11.1 Å². The van der Waals surface area contributed by atoms with Crippen molar-refractivity contribution >= 4 is 12.2 Å². The molecule has 4 nitrogen and oxygen atoms in total. The van der Waals surface area contributed by atoms with E-state index in [0.717, 1.165) is 6.07 Å². The molecule has 0 amide bonds. The van der Waals surface area contributed by atoms with Crippen LogP contribution in [-0.4, -0.2) is 9.97 Å². The Morgan fingerprint density at radius 1 is 1.04 bits per heavy atom. The average molecular weight is 390 g/mol. The molecule has 1 heterocycles. The van der Waals surface area contributed by atoms with E-state index in [1.54, 1.807) is 47.4 Å². The van der Waals surface area contributed by atoms with E-state index in [2.05, 4.69) is 4.98 Å². The number of aromatic amines is 1. The van der Waals surface area contributed by atoms with Crippen LogP contribution in [0, 0.1) is 5.82 Å². The summed E-state index contributed by atoms with van der Waals surface area (Å²) in [6.45, 7) is -0.0149. The predicted octanol–water partition coefficient (Wildman–Crippen LogP) is 4.68. The van der Waals surface area contributed by atoms with Gasteiger partial charge in [0.05, 0.1) is 5.69 Å². The summed E-state index contributed by atoms with van der Waals surface area (Å²) in [5, 5.41) is 0. The van der Waals surface area contributed by atoms with E-state index in [1.165, 1.54) is 18.2 Å². The SMILES string of the molecule is O=c1nc(/C=C/c2ccccc2OCc2ccccc2F)cc(C(F)(F)F)[nH]1. The Balaban J connectivity index is 1.83. The molecular weight excluding hydrogens is 376 g/mol. The van der Waals surface area contributed by atoms with Crippen LogP contribution in [0.1, 0.15) is 22.5 Å². The van der Waals surface area contributed by atoms with Gasteiger partial charge < -0.3 is 9.72 Å². The summed E-state index contributed by atoms with van der Waals surface area (Å²) in [5.74, 6) is 0.00537. The van der Waals surface area contributed by atoms with E-state index in [0.29, 0.717) is 16.9 Å². The van der Waals surface area contributed by atoms with Crippen molar-refractivity contribution in [1.29, 1.82) is 0 Å². The van der Waals surface area contributed by atoms with Crippen LogP contribution < -0.4 is 10.4 Å². The summed E-state index contributed by atoms with van der Waals surface area (Å²) in [4.78, 5) is 16.5. The van der Waals surface area contributed by atoms with Gasteiger partial charge in [0.15, 0.2) is 0 Å². The third-order valence-electron chi connectivity index (χ3n) is 3.76. The maximum Gasteiger partial charge on any atom is 0.431 e. The molecular formula is C20H14F4N2O2. The molecule has 2 aromatic carbocycles. The highest BCUT2D eigenvalue weighted by Gasteiger charge is 2.32. The molecule has 0 aliphatic carbocycles. The van der Waals surface area contributed by atoms with Crippen LogP contribution in [0.5, 0.6) is 5.75 Å². The number of H-pyrrole nitrogens is 1. The molecule has 3 aromatic rings. The minimum atomic E-state index is -4.69. The van der Waals surface area contributed by atoms with Gasteiger partial charge in [-0.25, -0.2) is 9.18 Å². The molecule has 1 N–H and O–H groups in total. The number of ether oxygens (including phenoxy) is 1. The Morgan fingerprint density at radius 2 is 1.75 bits per heavy atom. The summed E-state index contributed by atoms with van der Waals surface area (Å²) in [6, 6.07) is 13.6. The van der Waals surface area contributed by atoms with Crippen molar-refractivity contribution in [2.45, 2.75) is 12.8 Å². The van der Waals surface area contributed by atoms with E-state index >= 15 is 0 Å². The number of para-hydroxylation sites is 1. The van der Waals surface area contributed by atoms with Crippen LogP contribution in [0.25, 0.3) is 12.2 Å². The highest BCUT2D eigenvalue weighted by molar-refractivity contribution is 5.71. The van der Waals surface area contributed by atoms with Crippen LogP contribution in [0.3, 0.4) is 0 Å². The molecule has 0 atom stereocenters. The van der Waals surface area contributed by atoms with Gasteiger partial charge in [-0.1, -0.05) is 36.4 Å². The number of nitrogens with one attached hydrogen (secondary N) is 1. The summed E-state index contributed by atoms with van der Waals surface area (Å²) >= 11 is 0. The van der Waals surface area contributed by atoms with Crippen LogP contribution in [0.4, 0.5) is 17.6 Å². The molecule has 3 rings (SSSR count). The molecule has 144 valence electrons. The second kappa shape index (κ2) is 8.08. The highest BCUT2D eigenvalue weighted by atomic mass is 19.4. The number of rotatable bonds is 5. The second-order valence-electron chi connectivity index (χ2n) is 5.77. The van der Waals surface area contributed by atoms with Crippen molar-refractivity contribution in [3.05, 3.63) is 93.4 Å². The van der Waals surface area contributed by atoms with Crippen LogP contribution >= 0.6 is 0 Å². The first-order chi connectivity index (χ1) is 13.3. The average Bonchev–Trinajstić information content (AvgIpc) is 2.65. The van der Waals surface area contributed by atoms with Crippen molar-refractivity contribution in [3.8, 4) is 5.75 Å². The molecule has 0 aliphatic rings. The summed E-state index contributed by atoms with van der Waals surface area (Å²) in [5.41, 5.74) is -1.53. The molecule has 28 heavy (non-hydrogen) atoms. The monoisotopic (exact) mass is 390 g/mol. The smallest absolute Gasteiger partial charge is 0.431 e. The van der Waals surface area contributed by atoms with Crippen LogP contribution in [0.15, 0.2) is 59.4 Å².